The van der Waals surface area contributed by atoms with Gasteiger partial charge in [0.05, 0.1) is 16.9 Å². The van der Waals surface area contributed by atoms with Crippen molar-refractivity contribution in [2.24, 2.45) is 0 Å². The fourth-order valence-corrected chi connectivity index (χ4v) is 1.96. The third-order valence-electron chi connectivity index (χ3n) is 2.91. The number of carboxylic acids is 1. The van der Waals surface area contributed by atoms with E-state index in [1.807, 2.05) is 30.3 Å². The highest BCUT2D eigenvalue weighted by molar-refractivity contribution is 5.76. The lowest BCUT2D eigenvalue weighted by molar-refractivity contribution is -0.384. The summed E-state index contributed by atoms with van der Waals surface area (Å²) in [5, 5.41) is 19.8. The van der Waals surface area contributed by atoms with Crippen LogP contribution < -0.4 is 0 Å². The van der Waals surface area contributed by atoms with Crippen LogP contribution in [-0.4, -0.2) is 16.0 Å². The van der Waals surface area contributed by atoms with Crippen LogP contribution in [0.4, 0.5) is 5.69 Å². The van der Waals surface area contributed by atoms with E-state index in [2.05, 4.69) is 0 Å². The smallest absolute Gasteiger partial charge is 0.307 e. The Hall–Kier alpha value is -2.95. The van der Waals surface area contributed by atoms with Crippen LogP contribution in [0, 0.1) is 10.1 Å². The van der Waals surface area contributed by atoms with E-state index in [1.165, 1.54) is 12.1 Å². The van der Waals surface area contributed by atoms with Crippen LogP contribution >= 0.6 is 0 Å². The number of benzene rings is 2. The lowest BCUT2D eigenvalue weighted by Gasteiger charge is -2.04. The molecule has 5 heteroatoms. The molecule has 106 valence electrons. The van der Waals surface area contributed by atoms with Crippen molar-refractivity contribution in [3.8, 4) is 11.1 Å². The van der Waals surface area contributed by atoms with Crippen LogP contribution in [0.3, 0.4) is 0 Å². The molecule has 0 amide bonds. The highest BCUT2D eigenvalue weighted by Gasteiger charge is 2.15. The zero-order valence-electron chi connectivity index (χ0n) is 11.1. The van der Waals surface area contributed by atoms with Crippen molar-refractivity contribution in [2.45, 2.75) is 6.42 Å². The zero-order chi connectivity index (χ0) is 15.2. The molecule has 2 aromatic rings. The van der Waals surface area contributed by atoms with Crippen LogP contribution in [0.15, 0.2) is 54.6 Å². The molecule has 0 aromatic heterocycles. The van der Waals surface area contributed by atoms with E-state index in [0.29, 0.717) is 11.1 Å². The van der Waals surface area contributed by atoms with Crippen molar-refractivity contribution in [3.63, 3.8) is 0 Å². The van der Waals surface area contributed by atoms with Crippen molar-refractivity contribution in [1.82, 2.24) is 0 Å². The normalized spacial score (nSPS) is 10.7. The Bertz CT molecular complexity index is 693. The molecule has 0 aliphatic carbocycles. The van der Waals surface area contributed by atoms with Crippen LogP contribution in [0.25, 0.3) is 17.2 Å². The van der Waals surface area contributed by atoms with Gasteiger partial charge in [0, 0.05) is 6.07 Å². The Kier molecular flexibility index (Phi) is 4.46. The van der Waals surface area contributed by atoms with Gasteiger partial charge in [-0.15, -0.1) is 0 Å². The third-order valence-corrected chi connectivity index (χ3v) is 2.91. The number of nitrogens with zero attached hydrogens (tertiary/aromatic N) is 1. The summed E-state index contributed by atoms with van der Waals surface area (Å²) in [6.07, 6.45) is 2.91. The first-order valence-electron chi connectivity index (χ1n) is 6.30. The number of nitro groups is 1. The monoisotopic (exact) mass is 283 g/mol. The number of hydrogen-bond donors (Lipinski definition) is 1. The molecule has 0 unspecified atom stereocenters. The van der Waals surface area contributed by atoms with E-state index in [-0.39, 0.29) is 12.1 Å². The lowest BCUT2D eigenvalue weighted by Crippen LogP contribution is -1.93. The first-order valence-corrected chi connectivity index (χ1v) is 6.30. The summed E-state index contributed by atoms with van der Waals surface area (Å²) >= 11 is 0. The van der Waals surface area contributed by atoms with Crippen LogP contribution in [0.2, 0.25) is 0 Å². The number of carbonyl (C=O) groups is 1. The highest BCUT2D eigenvalue weighted by atomic mass is 16.6. The Morgan fingerprint density at radius 3 is 2.52 bits per heavy atom. The second kappa shape index (κ2) is 6.47. The molecule has 1 N–H and O–H groups in total. The minimum absolute atomic E-state index is 0.00123. The van der Waals surface area contributed by atoms with Gasteiger partial charge in [0.2, 0.25) is 0 Å². The first kappa shape index (κ1) is 14.5. The maximum absolute atomic E-state index is 11.2. The standard InChI is InChI=1S/C16H13NO4/c18-16(19)8-4-5-12-9-10-14(15(11-12)17(20)21)13-6-2-1-3-7-13/h1-7,9-11H,8H2,(H,18,19). The van der Waals surface area contributed by atoms with Crippen LogP contribution in [-0.2, 0) is 4.79 Å². The van der Waals surface area contributed by atoms with Gasteiger partial charge in [-0.2, -0.15) is 0 Å². The molecule has 0 bridgehead atoms. The fraction of sp³-hybridized carbons (Fsp3) is 0.0625. The topological polar surface area (TPSA) is 80.4 Å². The number of rotatable bonds is 5. The molecular formula is C16H13NO4. The molecule has 21 heavy (non-hydrogen) atoms. The van der Waals surface area contributed by atoms with Gasteiger partial charge in [0.25, 0.3) is 5.69 Å². The molecule has 0 fully saturated rings. The molecule has 0 saturated carbocycles. The molecule has 0 aliphatic heterocycles. The zero-order valence-corrected chi connectivity index (χ0v) is 11.1. The van der Waals surface area contributed by atoms with Crippen molar-refractivity contribution in [1.29, 1.82) is 0 Å². The Labute approximate surface area is 121 Å². The Morgan fingerprint density at radius 1 is 1.19 bits per heavy atom. The summed E-state index contributed by atoms with van der Waals surface area (Å²) in [5.74, 6) is -0.943. The maximum atomic E-state index is 11.2. The molecule has 2 rings (SSSR count). The summed E-state index contributed by atoms with van der Waals surface area (Å²) in [6.45, 7) is 0. The second-order valence-electron chi connectivity index (χ2n) is 4.40. The van der Waals surface area contributed by atoms with E-state index in [0.717, 1.165) is 5.56 Å². The summed E-state index contributed by atoms with van der Waals surface area (Å²) in [6, 6.07) is 13.9. The average molecular weight is 283 g/mol. The fourth-order valence-electron chi connectivity index (χ4n) is 1.96. The predicted octanol–water partition coefficient (Wildman–Crippen LogP) is 3.75. The minimum Gasteiger partial charge on any atom is -0.481 e. The SMILES string of the molecule is O=C(O)CC=Cc1ccc(-c2ccccc2)c([N+](=O)[O-])c1. The summed E-state index contributed by atoms with van der Waals surface area (Å²) in [5.41, 5.74) is 1.91. The van der Waals surface area contributed by atoms with E-state index >= 15 is 0 Å². The molecule has 0 saturated heterocycles. The Balaban J connectivity index is 2.39. The molecule has 0 radical (unpaired) electrons. The van der Waals surface area contributed by atoms with Gasteiger partial charge >= 0.3 is 5.97 Å². The van der Waals surface area contributed by atoms with Crippen molar-refractivity contribution in [2.75, 3.05) is 0 Å². The average Bonchev–Trinajstić information content (AvgIpc) is 2.47. The van der Waals surface area contributed by atoms with Gasteiger partial charge < -0.3 is 5.11 Å². The van der Waals surface area contributed by atoms with Gasteiger partial charge in [-0.25, -0.2) is 0 Å². The molecule has 0 aliphatic rings. The number of aliphatic carboxylic acids is 1. The van der Waals surface area contributed by atoms with E-state index in [4.69, 9.17) is 5.11 Å². The van der Waals surface area contributed by atoms with E-state index in [1.54, 1.807) is 18.2 Å². The summed E-state index contributed by atoms with van der Waals surface area (Å²) in [4.78, 5) is 21.2. The molecule has 0 atom stereocenters. The van der Waals surface area contributed by atoms with Gasteiger partial charge in [-0.05, 0) is 17.2 Å². The van der Waals surface area contributed by atoms with Gasteiger partial charge in [-0.3, -0.25) is 14.9 Å². The van der Waals surface area contributed by atoms with Crippen LogP contribution in [0.5, 0.6) is 0 Å². The largest absolute Gasteiger partial charge is 0.481 e. The number of carboxylic acid groups (broad SMARTS) is 1. The van der Waals surface area contributed by atoms with Crippen molar-refractivity contribution in [3.05, 3.63) is 70.3 Å². The van der Waals surface area contributed by atoms with Gasteiger partial charge in [0.15, 0.2) is 0 Å². The maximum Gasteiger partial charge on any atom is 0.307 e. The van der Waals surface area contributed by atoms with Crippen LogP contribution in [0.1, 0.15) is 12.0 Å². The second-order valence-corrected chi connectivity index (χ2v) is 4.40. The van der Waals surface area contributed by atoms with E-state index in [9.17, 15) is 14.9 Å². The summed E-state index contributed by atoms with van der Waals surface area (Å²) in [7, 11) is 0. The molecule has 2 aromatic carbocycles. The number of nitro benzene ring substituents is 1. The molecule has 0 heterocycles. The number of hydrogen-bond acceptors (Lipinski definition) is 3. The first-order chi connectivity index (χ1) is 10.1. The quantitative estimate of drug-likeness (QED) is 0.669. The summed E-state index contributed by atoms with van der Waals surface area (Å²) < 4.78 is 0. The van der Waals surface area contributed by atoms with Crippen molar-refractivity contribution < 1.29 is 14.8 Å². The van der Waals surface area contributed by atoms with Gasteiger partial charge in [-0.1, -0.05) is 48.6 Å². The van der Waals surface area contributed by atoms with Gasteiger partial charge in [0.1, 0.15) is 0 Å². The molecular weight excluding hydrogens is 270 g/mol. The third kappa shape index (κ3) is 3.76. The van der Waals surface area contributed by atoms with Crippen molar-refractivity contribution >= 4 is 17.7 Å². The Morgan fingerprint density at radius 2 is 1.90 bits per heavy atom. The lowest BCUT2D eigenvalue weighted by atomic mass is 10.0. The highest BCUT2D eigenvalue weighted by Crippen LogP contribution is 2.30. The predicted molar refractivity (Wildman–Crippen MR) is 79.8 cm³/mol. The molecule has 5 nitrogen and oxygen atoms in total. The molecule has 0 spiro atoms. The van der Waals surface area contributed by atoms with E-state index < -0.39 is 10.9 Å². The minimum atomic E-state index is -0.943.